The van der Waals surface area contributed by atoms with E-state index in [1.165, 1.54) is 6.07 Å². The van der Waals surface area contributed by atoms with Crippen molar-refractivity contribution in [2.45, 2.75) is 32.2 Å². The largest absolute Gasteiger partial charge is 0.508 e. The van der Waals surface area contributed by atoms with Crippen molar-refractivity contribution in [3.8, 4) is 5.75 Å². The van der Waals surface area contributed by atoms with Crippen molar-refractivity contribution in [3.05, 3.63) is 29.3 Å². The molecule has 20 heavy (non-hydrogen) atoms. The molecule has 2 N–H and O–H groups in total. The van der Waals surface area contributed by atoms with Crippen LogP contribution in [0.2, 0.25) is 0 Å². The Hall–Kier alpha value is -2.04. The maximum atomic E-state index is 12.5. The number of likely N-dealkylation sites (N-methyl/N-ethyl adjacent to an activating group) is 1. The molecule has 2 amide bonds. The second-order valence-electron chi connectivity index (χ2n) is 5.13. The first-order valence-corrected chi connectivity index (χ1v) is 6.86. The van der Waals surface area contributed by atoms with E-state index in [4.69, 9.17) is 0 Å². The molecule has 1 saturated heterocycles. The molecule has 1 heterocycles. The van der Waals surface area contributed by atoms with Crippen LogP contribution in [0, 0.1) is 6.92 Å². The lowest BCUT2D eigenvalue weighted by molar-refractivity contribution is -0.126. The molecule has 1 aromatic rings. The van der Waals surface area contributed by atoms with Gasteiger partial charge >= 0.3 is 0 Å². The number of rotatable bonds is 2. The Bertz CT molecular complexity index is 528. The number of amides is 2. The molecule has 108 valence electrons. The van der Waals surface area contributed by atoms with Crippen molar-refractivity contribution in [3.63, 3.8) is 0 Å². The predicted molar refractivity (Wildman–Crippen MR) is 75.6 cm³/mol. The molecular weight excluding hydrogens is 256 g/mol. The van der Waals surface area contributed by atoms with Gasteiger partial charge in [0.1, 0.15) is 11.8 Å². The van der Waals surface area contributed by atoms with E-state index in [0.29, 0.717) is 18.5 Å². The minimum Gasteiger partial charge on any atom is -0.508 e. The first-order chi connectivity index (χ1) is 9.54. The second kappa shape index (κ2) is 5.94. The van der Waals surface area contributed by atoms with Crippen LogP contribution in [-0.2, 0) is 4.79 Å². The van der Waals surface area contributed by atoms with Crippen LogP contribution in [0.3, 0.4) is 0 Å². The standard InChI is InChI=1S/C15H20N2O3/c1-10-6-7-11(9-13(10)18)15(20)17-8-4-3-5-12(17)14(19)16-2/h6-7,9,12,18H,3-5,8H2,1-2H3,(H,16,19). The van der Waals surface area contributed by atoms with E-state index in [1.807, 2.05) is 0 Å². The molecule has 2 rings (SSSR count). The number of phenolic OH excluding ortho intramolecular Hbond substituents is 1. The van der Waals surface area contributed by atoms with Gasteiger partial charge in [-0.25, -0.2) is 0 Å². The molecular formula is C15H20N2O3. The summed E-state index contributed by atoms with van der Waals surface area (Å²) >= 11 is 0. The predicted octanol–water partition coefficient (Wildman–Crippen LogP) is 1.44. The SMILES string of the molecule is CNC(=O)C1CCCCN1C(=O)c1ccc(C)c(O)c1. The average molecular weight is 276 g/mol. The highest BCUT2D eigenvalue weighted by molar-refractivity contribution is 5.98. The van der Waals surface area contributed by atoms with Crippen molar-refractivity contribution in [2.24, 2.45) is 0 Å². The summed E-state index contributed by atoms with van der Waals surface area (Å²) in [7, 11) is 1.58. The topological polar surface area (TPSA) is 69.6 Å². The third kappa shape index (κ3) is 2.76. The molecule has 1 aliphatic heterocycles. The van der Waals surface area contributed by atoms with Crippen LogP contribution >= 0.6 is 0 Å². The fraction of sp³-hybridized carbons (Fsp3) is 0.467. The van der Waals surface area contributed by atoms with Crippen molar-refractivity contribution < 1.29 is 14.7 Å². The van der Waals surface area contributed by atoms with E-state index in [-0.39, 0.29) is 17.6 Å². The highest BCUT2D eigenvalue weighted by Crippen LogP contribution is 2.23. The van der Waals surface area contributed by atoms with Crippen LogP contribution < -0.4 is 5.32 Å². The molecule has 1 aliphatic rings. The third-order valence-corrected chi connectivity index (χ3v) is 3.77. The fourth-order valence-electron chi connectivity index (χ4n) is 2.52. The number of carbonyl (C=O) groups excluding carboxylic acids is 2. The number of nitrogens with one attached hydrogen (secondary N) is 1. The van der Waals surface area contributed by atoms with Gasteiger partial charge < -0.3 is 15.3 Å². The van der Waals surface area contributed by atoms with Gasteiger partial charge in [-0.1, -0.05) is 6.07 Å². The summed E-state index contributed by atoms with van der Waals surface area (Å²) in [5.74, 6) is -0.229. The van der Waals surface area contributed by atoms with Crippen LogP contribution in [0.25, 0.3) is 0 Å². The molecule has 0 aromatic heterocycles. The van der Waals surface area contributed by atoms with E-state index in [0.717, 1.165) is 18.4 Å². The normalized spacial score (nSPS) is 18.7. The van der Waals surface area contributed by atoms with E-state index in [2.05, 4.69) is 5.32 Å². The van der Waals surface area contributed by atoms with Gasteiger partial charge in [0, 0.05) is 19.2 Å². The van der Waals surface area contributed by atoms with Gasteiger partial charge in [0.25, 0.3) is 5.91 Å². The second-order valence-corrected chi connectivity index (χ2v) is 5.13. The average Bonchev–Trinajstić information content (AvgIpc) is 2.48. The lowest BCUT2D eigenvalue weighted by atomic mass is 9.99. The Balaban J connectivity index is 2.25. The number of benzene rings is 1. The number of aromatic hydroxyl groups is 1. The zero-order valence-electron chi connectivity index (χ0n) is 11.8. The summed E-state index contributed by atoms with van der Waals surface area (Å²) in [4.78, 5) is 26.0. The molecule has 0 bridgehead atoms. The molecule has 0 spiro atoms. The van der Waals surface area contributed by atoms with E-state index in [9.17, 15) is 14.7 Å². The number of hydrogen-bond acceptors (Lipinski definition) is 3. The number of piperidine rings is 1. The molecule has 1 atom stereocenters. The van der Waals surface area contributed by atoms with Gasteiger partial charge in [0.05, 0.1) is 0 Å². The lowest BCUT2D eigenvalue weighted by Crippen LogP contribution is -2.51. The number of likely N-dealkylation sites (tertiary alicyclic amines) is 1. The minimum atomic E-state index is -0.412. The van der Waals surface area contributed by atoms with Crippen molar-refractivity contribution >= 4 is 11.8 Å². The van der Waals surface area contributed by atoms with Crippen LogP contribution in [0.15, 0.2) is 18.2 Å². The molecule has 1 aromatic carbocycles. The Morgan fingerprint density at radius 3 is 2.75 bits per heavy atom. The Morgan fingerprint density at radius 1 is 1.35 bits per heavy atom. The van der Waals surface area contributed by atoms with Crippen LogP contribution in [-0.4, -0.2) is 41.5 Å². The Morgan fingerprint density at radius 2 is 2.10 bits per heavy atom. The zero-order valence-corrected chi connectivity index (χ0v) is 11.8. The zero-order chi connectivity index (χ0) is 14.7. The number of aryl methyl sites for hydroxylation is 1. The maximum Gasteiger partial charge on any atom is 0.254 e. The van der Waals surface area contributed by atoms with Gasteiger partial charge in [0.2, 0.25) is 5.91 Å². The van der Waals surface area contributed by atoms with Crippen LogP contribution in [0.4, 0.5) is 0 Å². The first-order valence-electron chi connectivity index (χ1n) is 6.86. The Labute approximate surface area is 118 Å². The third-order valence-electron chi connectivity index (χ3n) is 3.77. The summed E-state index contributed by atoms with van der Waals surface area (Å²) in [5, 5.41) is 12.3. The molecule has 0 aliphatic carbocycles. The molecule has 0 saturated carbocycles. The number of carbonyl (C=O) groups is 2. The number of phenols is 1. The Kier molecular flexibility index (Phi) is 4.27. The fourth-order valence-corrected chi connectivity index (χ4v) is 2.52. The van der Waals surface area contributed by atoms with Crippen molar-refractivity contribution in [1.29, 1.82) is 0 Å². The van der Waals surface area contributed by atoms with Crippen LogP contribution in [0.1, 0.15) is 35.2 Å². The van der Waals surface area contributed by atoms with Gasteiger partial charge in [-0.2, -0.15) is 0 Å². The highest BCUT2D eigenvalue weighted by Gasteiger charge is 2.32. The summed E-state index contributed by atoms with van der Waals surface area (Å²) in [6.07, 6.45) is 2.53. The van der Waals surface area contributed by atoms with E-state index < -0.39 is 6.04 Å². The quantitative estimate of drug-likeness (QED) is 0.858. The van der Waals surface area contributed by atoms with Crippen LogP contribution in [0.5, 0.6) is 5.75 Å². The van der Waals surface area contributed by atoms with Crippen molar-refractivity contribution in [2.75, 3.05) is 13.6 Å². The van der Waals surface area contributed by atoms with Crippen molar-refractivity contribution in [1.82, 2.24) is 10.2 Å². The number of hydrogen-bond donors (Lipinski definition) is 2. The lowest BCUT2D eigenvalue weighted by Gasteiger charge is -2.34. The summed E-state index contributed by atoms with van der Waals surface area (Å²) < 4.78 is 0. The van der Waals surface area contributed by atoms with Gasteiger partial charge in [-0.15, -0.1) is 0 Å². The van der Waals surface area contributed by atoms with Gasteiger partial charge in [0.15, 0.2) is 0 Å². The minimum absolute atomic E-state index is 0.101. The van der Waals surface area contributed by atoms with Gasteiger partial charge in [-0.05, 0) is 43.9 Å². The molecule has 0 radical (unpaired) electrons. The van der Waals surface area contributed by atoms with Gasteiger partial charge in [-0.3, -0.25) is 9.59 Å². The number of nitrogens with zero attached hydrogens (tertiary/aromatic N) is 1. The summed E-state index contributed by atoms with van der Waals surface area (Å²) in [5.41, 5.74) is 1.15. The maximum absolute atomic E-state index is 12.5. The molecule has 1 fully saturated rings. The van der Waals surface area contributed by atoms with E-state index >= 15 is 0 Å². The molecule has 1 unspecified atom stereocenters. The molecule has 5 nitrogen and oxygen atoms in total. The first kappa shape index (κ1) is 14.4. The summed E-state index contributed by atoms with van der Waals surface area (Å²) in [6, 6.07) is 4.45. The monoisotopic (exact) mass is 276 g/mol. The summed E-state index contributed by atoms with van der Waals surface area (Å²) in [6.45, 7) is 2.35. The smallest absolute Gasteiger partial charge is 0.254 e. The molecule has 5 heteroatoms. The van der Waals surface area contributed by atoms with E-state index in [1.54, 1.807) is 31.0 Å². The highest BCUT2D eigenvalue weighted by atomic mass is 16.3.